The zero-order valence-corrected chi connectivity index (χ0v) is 18.1. The van der Waals surface area contributed by atoms with Crippen LogP contribution in [0.4, 0.5) is 0 Å². The summed E-state index contributed by atoms with van der Waals surface area (Å²) in [5.74, 6) is 0.700. The molecule has 1 N–H and O–H groups in total. The second-order valence-corrected chi connectivity index (χ2v) is 8.81. The van der Waals surface area contributed by atoms with Gasteiger partial charge in [-0.05, 0) is 62.2 Å². The molecule has 2 unspecified atom stereocenters. The average Bonchev–Trinajstić information content (AvgIpc) is 2.81. The Balaban J connectivity index is 1.45. The molecule has 2 saturated heterocycles. The van der Waals surface area contributed by atoms with Crippen molar-refractivity contribution in [1.29, 1.82) is 0 Å². The first-order valence-electron chi connectivity index (χ1n) is 11.6. The molecule has 4 heteroatoms. The van der Waals surface area contributed by atoms with Crippen LogP contribution in [0.25, 0.3) is 0 Å². The van der Waals surface area contributed by atoms with E-state index >= 15 is 0 Å². The van der Waals surface area contributed by atoms with Crippen molar-refractivity contribution in [3.8, 4) is 0 Å². The van der Waals surface area contributed by atoms with E-state index in [1.54, 1.807) is 0 Å². The first kappa shape index (κ1) is 21.5. The SMILES string of the molecule is c1ccc(COCC2(OCc3ccccc3)CCCCN2CC2CCCNC2)cc1. The van der Waals surface area contributed by atoms with Crippen LogP contribution in [-0.2, 0) is 22.7 Å². The predicted octanol–water partition coefficient (Wildman–Crippen LogP) is 4.60. The van der Waals surface area contributed by atoms with Crippen molar-refractivity contribution in [2.24, 2.45) is 5.92 Å². The molecule has 0 amide bonds. The Morgan fingerprint density at radius 3 is 2.33 bits per heavy atom. The van der Waals surface area contributed by atoms with E-state index in [0.29, 0.717) is 25.7 Å². The number of rotatable bonds is 9. The van der Waals surface area contributed by atoms with E-state index in [2.05, 4.69) is 70.9 Å². The lowest BCUT2D eigenvalue weighted by atomic mass is 9.93. The maximum absolute atomic E-state index is 6.73. The largest absolute Gasteiger partial charge is 0.372 e. The minimum absolute atomic E-state index is 0.333. The summed E-state index contributed by atoms with van der Waals surface area (Å²) in [7, 11) is 0. The molecular weight excluding hydrogens is 372 g/mol. The van der Waals surface area contributed by atoms with Gasteiger partial charge in [-0.3, -0.25) is 4.90 Å². The molecule has 2 aliphatic rings. The van der Waals surface area contributed by atoms with Gasteiger partial charge >= 0.3 is 0 Å². The number of nitrogens with one attached hydrogen (secondary N) is 1. The Labute approximate surface area is 181 Å². The molecule has 2 heterocycles. The van der Waals surface area contributed by atoms with Crippen molar-refractivity contribution in [3.05, 3.63) is 71.8 Å². The van der Waals surface area contributed by atoms with Gasteiger partial charge in [0.25, 0.3) is 0 Å². The van der Waals surface area contributed by atoms with Crippen LogP contribution >= 0.6 is 0 Å². The van der Waals surface area contributed by atoms with Gasteiger partial charge in [0, 0.05) is 13.1 Å². The predicted molar refractivity (Wildman–Crippen MR) is 121 cm³/mol. The fourth-order valence-electron chi connectivity index (χ4n) is 4.78. The van der Waals surface area contributed by atoms with Crippen LogP contribution in [0.1, 0.15) is 43.2 Å². The van der Waals surface area contributed by atoms with Crippen LogP contribution in [0.3, 0.4) is 0 Å². The normalized spacial score (nSPS) is 25.3. The van der Waals surface area contributed by atoms with Crippen LogP contribution < -0.4 is 5.32 Å². The van der Waals surface area contributed by atoms with Gasteiger partial charge in [-0.25, -0.2) is 0 Å². The second kappa shape index (κ2) is 11.1. The van der Waals surface area contributed by atoms with E-state index in [1.165, 1.54) is 36.8 Å². The second-order valence-electron chi connectivity index (χ2n) is 8.81. The van der Waals surface area contributed by atoms with E-state index in [0.717, 1.165) is 32.6 Å². The lowest BCUT2D eigenvalue weighted by molar-refractivity contribution is -0.217. The fourth-order valence-corrected chi connectivity index (χ4v) is 4.78. The zero-order valence-electron chi connectivity index (χ0n) is 18.1. The van der Waals surface area contributed by atoms with Crippen LogP contribution in [-0.4, -0.2) is 43.4 Å². The van der Waals surface area contributed by atoms with Crippen molar-refractivity contribution < 1.29 is 9.47 Å². The lowest BCUT2D eigenvalue weighted by Crippen LogP contribution is -2.58. The summed E-state index contributed by atoms with van der Waals surface area (Å²) < 4.78 is 13.0. The third kappa shape index (κ3) is 5.92. The molecule has 2 aliphatic heterocycles. The maximum Gasteiger partial charge on any atom is 0.145 e. The van der Waals surface area contributed by atoms with E-state index in [9.17, 15) is 0 Å². The molecule has 4 rings (SSSR count). The van der Waals surface area contributed by atoms with Crippen molar-refractivity contribution in [3.63, 3.8) is 0 Å². The Bertz CT molecular complexity index is 733. The summed E-state index contributed by atoms with van der Waals surface area (Å²) in [6.07, 6.45) is 6.07. The Kier molecular flexibility index (Phi) is 7.93. The minimum atomic E-state index is -0.333. The molecule has 2 aromatic carbocycles. The molecule has 4 nitrogen and oxygen atoms in total. The van der Waals surface area contributed by atoms with Crippen molar-refractivity contribution >= 4 is 0 Å². The van der Waals surface area contributed by atoms with Crippen molar-refractivity contribution in [2.75, 3.05) is 32.8 Å². The van der Waals surface area contributed by atoms with Gasteiger partial charge in [-0.2, -0.15) is 0 Å². The molecule has 2 fully saturated rings. The van der Waals surface area contributed by atoms with E-state index in [4.69, 9.17) is 9.47 Å². The molecular formula is C26H36N2O2. The number of ether oxygens (including phenoxy) is 2. The summed E-state index contributed by atoms with van der Waals surface area (Å²) in [5.41, 5.74) is 2.11. The smallest absolute Gasteiger partial charge is 0.145 e. The third-order valence-corrected chi connectivity index (χ3v) is 6.49. The van der Waals surface area contributed by atoms with Gasteiger partial charge in [0.1, 0.15) is 5.72 Å². The molecule has 0 aliphatic carbocycles. The highest BCUT2D eigenvalue weighted by atomic mass is 16.6. The third-order valence-electron chi connectivity index (χ3n) is 6.49. The highest BCUT2D eigenvalue weighted by Crippen LogP contribution is 2.33. The highest BCUT2D eigenvalue weighted by Gasteiger charge is 2.41. The van der Waals surface area contributed by atoms with Crippen LogP contribution in [0.15, 0.2) is 60.7 Å². The number of hydrogen-bond donors (Lipinski definition) is 1. The standard InChI is InChI=1S/C26H36N2O2/c1-3-10-23(11-4-1)20-29-22-26(30-21-24-12-5-2-6-13-24)15-7-8-17-28(26)19-25-14-9-16-27-18-25/h1-6,10-13,25,27H,7-9,14-22H2. The van der Waals surface area contributed by atoms with Gasteiger partial charge in [0.05, 0.1) is 19.8 Å². The summed E-state index contributed by atoms with van der Waals surface area (Å²) in [5, 5.41) is 3.58. The van der Waals surface area contributed by atoms with Gasteiger partial charge in [-0.15, -0.1) is 0 Å². The number of benzene rings is 2. The minimum Gasteiger partial charge on any atom is -0.372 e. The summed E-state index contributed by atoms with van der Waals surface area (Å²) in [6, 6.07) is 21.0. The van der Waals surface area contributed by atoms with Gasteiger partial charge < -0.3 is 14.8 Å². The maximum atomic E-state index is 6.73. The number of piperidine rings is 2. The molecule has 30 heavy (non-hydrogen) atoms. The molecule has 0 radical (unpaired) electrons. The molecule has 2 aromatic rings. The molecule has 162 valence electrons. The summed E-state index contributed by atoms with van der Waals surface area (Å²) >= 11 is 0. The molecule has 0 saturated carbocycles. The number of likely N-dealkylation sites (tertiary alicyclic amines) is 1. The van der Waals surface area contributed by atoms with Crippen LogP contribution in [0.5, 0.6) is 0 Å². The van der Waals surface area contributed by atoms with Gasteiger partial charge in [-0.1, -0.05) is 60.7 Å². The van der Waals surface area contributed by atoms with Crippen molar-refractivity contribution in [1.82, 2.24) is 10.2 Å². The molecule has 0 spiro atoms. The highest BCUT2D eigenvalue weighted by molar-refractivity contribution is 5.14. The van der Waals surface area contributed by atoms with Gasteiger partial charge in [0.15, 0.2) is 0 Å². The Morgan fingerprint density at radius 1 is 0.900 bits per heavy atom. The topological polar surface area (TPSA) is 33.7 Å². The lowest BCUT2D eigenvalue weighted by Gasteiger charge is -2.48. The summed E-state index contributed by atoms with van der Waals surface area (Å²) in [4.78, 5) is 2.60. The zero-order chi connectivity index (χ0) is 20.5. The fraction of sp³-hybridized carbons (Fsp3) is 0.538. The van der Waals surface area contributed by atoms with E-state index < -0.39 is 0 Å². The Morgan fingerprint density at radius 2 is 1.63 bits per heavy atom. The number of hydrogen-bond acceptors (Lipinski definition) is 4. The van der Waals surface area contributed by atoms with E-state index in [1.807, 2.05) is 0 Å². The average molecular weight is 409 g/mol. The van der Waals surface area contributed by atoms with Crippen molar-refractivity contribution in [2.45, 2.75) is 51.0 Å². The quantitative estimate of drug-likeness (QED) is 0.657. The van der Waals surface area contributed by atoms with Crippen LogP contribution in [0.2, 0.25) is 0 Å². The summed E-state index contributed by atoms with van der Waals surface area (Å²) in [6.45, 7) is 6.36. The van der Waals surface area contributed by atoms with E-state index in [-0.39, 0.29) is 5.72 Å². The Hall–Kier alpha value is -1.72. The molecule has 0 bridgehead atoms. The first-order valence-corrected chi connectivity index (χ1v) is 11.6. The molecule has 0 aromatic heterocycles. The monoisotopic (exact) mass is 408 g/mol. The van der Waals surface area contributed by atoms with Gasteiger partial charge in [0.2, 0.25) is 0 Å². The molecule has 2 atom stereocenters. The van der Waals surface area contributed by atoms with Crippen LogP contribution in [0, 0.1) is 5.92 Å². The number of nitrogens with zero attached hydrogens (tertiary/aromatic N) is 1. The first-order chi connectivity index (χ1) is 14.8.